The van der Waals surface area contributed by atoms with Crippen molar-refractivity contribution in [3.05, 3.63) is 68.9 Å². The Morgan fingerprint density at radius 1 is 1.24 bits per heavy atom. The standard InChI is InChI=1S/C31H32ClF2N5O6S/c1-4-21-15-39(46(42,43)26-10-20(32)13-35-30(26)44-21)14-19-9-18(8-17-6-5-7-22(17)19)24(12-27(40)41)23-11-25(45-31(33)34)29-28(16(23)2)36-37-38(29)3/h8-11,13,21,24,31H,4-7,12,14-15H2,1-3H3,(H,40,41)/t21-,24?/m1/s1. The zero-order valence-corrected chi connectivity index (χ0v) is 26.9. The van der Waals surface area contributed by atoms with Crippen LogP contribution < -0.4 is 9.47 Å². The maximum absolute atomic E-state index is 14.0. The summed E-state index contributed by atoms with van der Waals surface area (Å²) in [5, 5.41) is 18.3. The first kappa shape index (κ1) is 32.1. The minimum Gasteiger partial charge on any atom is -0.481 e. The summed E-state index contributed by atoms with van der Waals surface area (Å²) in [6.45, 7) is 0.591. The molecule has 1 N–H and O–H groups in total. The first-order valence-electron chi connectivity index (χ1n) is 14.8. The van der Waals surface area contributed by atoms with Crippen molar-refractivity contribution in [3.8, 4) is 11.6 Å². The molecule has 0 fully saturated rings. The molecule has 1 unspecified atom stereocenters. The van der Waals surface area contributed by atoms with Gasteiger partial charge in [-0.05, 0) is 78.1 Å². The van der Waals surface area contributed by atoms with Gasteiger partial charge < -0.3 is 14.6 Å². The van der Waals surface area contributed by atoms with E-state index in [-0.39, 0.29) is 46.6 Å². The Hall–Kier alpha value is -3.88. The highest BCUT2D eigenvalue weighted by Gasteiger charge is 2.37. The van der Waals surface area contributed by atoms with Gasteiger partial charge in [-0.25, -0.2) is 18.1 Å². The SMILES string of the molecule is CC[C@@H]1CN(Cc2cc(C(CC(=O)O)c3cc(OC(F)F)c4c(nnn4C)c3C)cc3c2CCC3)S(=O)(=O)c2cc(Cl)cnc2O1. The van der Waals surface area contributed by atoms with E-state index in [0.29, 0.717) is 28.6 Å². The third kappa shape index (κ3) is 5.89. The number of carboxylic acids is 1. The lowest BCUT2D eigenvalue weighted by Gasteiger charge is -2.26. The predicted molar refractivity (Wildman–Crippen MR) is 164 cm³/mol. The van der Waals surface area contributed by atoms with Gasteiger partial charge in [0, 0.05) is 25.7 Å². The molecule has 2 atom stereocenters. The van der Waals surface area contributed by atoms with Gasteiger partial charge in [-0.15, -0.1) is 5.10 Å². The molecule has 0 radical (unpaired) electrons. The molecule has 0 saturated carbocycles. The van der Waals surface area contributed by atoms with Crippen molar-refractivity contribution in [3.63, 3.8) is 0 Å². The summed E-state index contributed by atoms with van der Waals surface area (Å²) in [4.78, 5) is 16.3. The van der Waals surface area contributed by atoms with E-state index in [1.54, 1.807) is 14.0 Å². The van der Waals surface area contributed by atoms with Crippen LogP contribution in [0.2, 0.25) is 5.02 Å². The van der Waals surface area contributed by atoms with Crippen LogP contribution in [0.25, 0.3) is 11.0 Å². The van der Waals surface area contributed by atoms with Crippen molar-refractivity contribution in [2.75, 3.05) is 6.54 Å². The van der Waals surface area contributed by atoms with Crippen molar-refractivity contribution < 1.29 is 36.6 Å². The normalized spacial score (nSPS) is 18.2. The number of carbonyl (C=O) groups is 1. The predicted octanol–water partition coefficient (Wildman–Crippen LogP) is 5.38. The molecule has 6 rings (SSSR count). The maximum Gasteiger partial charge on any atom is 0.387 e. The average molecular weight is 676 g/mol. The Morgan fingerprint density at radius 3 is 2.74 bits per heavy atom. The van der Waals surface area contributed by atoms with Gasteiger partial charge in [-0.3, -0.25) is 4.79 Å². The van der Waals surface area contributed by atoms with Crippen LogP contribution in [0.3, 0.4) is 0 Å². The highest BCUT2D eigenvalue weighted by Crippen LogP contribution is 2.41. The van der Waals surface area contributed by atoms with Gasteiger partial charge in [0.1, 0.15) is 22.0 Å². The zero-order chi connectivity index (χ0) is 32.9. The van der Waals surface area contributed by atoms with Crippen molar-refractivity contribution in [1.29, 1.82) is 0 Å². The Labute approximate surface area is 269 Å². The van der Waals surface area contributed by atoms with E-state index in [1.807, 2.05) is 19.1 Å². The minimum absolute atomic E-state index is 0.00375. The van der Waals surface area contributed by atoms with Crippen LogP contribution in [-0.4, -0.2) is 63.0 Å². The summed E-state index contributed by atoms with van der Waals surface area (Å²) in [7, 11) is -2.53. The lowest BCUT2D eigenvalue weighted by Crippen LogP contribution is -2.36. The minimum atomic E-state index is -4.09. The zero-order valence-electron chi connectivity index (χ0n) is 25.3. The molecule has 0 amide bonds. The lowest BCUT2D eigenvalue weighted by atomic mass is 9.83. The number of aromatic nitrogens is 4. The largest absolute Gasteiger partial charge is 0.481 e. The summed E-state index contributed by atoms with van der Waals surface area (Å²) < 4.78 is 68.5. The number of pyridine rings is 1. The number of alkyl halides is 2. The Kier molecular flexibility index (Phi) is 8.63. The Bertz CT molecular complexity index is 1950. The molecule has 0 saturated heterocycles. The summed E-state index contributed by atoms with van der Waals surface area (Å²) >= 11 is 6.15. The van der Waals surface area contributed by atoms with Crippen LogP contribution in [0, 0.1) is 6.92 Å². The fourth-order valence-corrected chi connectivity index (χ4v) is 8.30. The first-order valence-corrected chi connectivity index (χ1v) is 16.7. The fraction of sp³-hybridized carbons (Fsp3) is 0.419. The van der Waals surface area contributed by atoms with Gasteiger partial charge in [-0.1, -0.05) is 35.9 Å². The topological polar surface area (TPSA) is 137 Å². The van der Waals surface area contributed by atoms with E-state index < -0.39 is 34.6 Å². The lowest BCUT2D eigenvalue weighted by molar-refractivity contribution is -0.137. The van der Waals surface area contributed by atoms with Gasteiger partial charge >= 0.3 is 12.6 Å². The van der Waals surface area contributed by atoms with E-state index in [2.05, 4.69) is 15.3 Å². The molecule has 244 valence electrons. The Morgan fingerprint density at radius 2 is 2.02 bits per heavy atom. The number of ether oxygens (including phenoxy) is 2. The van der Waals surface area contributed by atoms with Crippen molar-refractivity contribution in [2.24, 2.45) is 7.05 Å². The number of halogens is 3. The van der Waals surface area contributed by atoms with Crippen LogP contribution in [0.1, 0.15) is 65.5 Å². The molecular weight excluding hydrogens is 644 g/mol. The van der Waals surface area contributed by atoms with Crippen molar-refractivity contribution >= 4 is 38.6 Å². The maximum atomic E-state index is 14.0. The van der Waals surface area contributed by atoms with Gasteiger partial charge in [0.25, 0.3) is 0 Å². The van der Waals surface area contributed by atoms with Crippen molar-refractivity contribution in [1.82, 2.24) is 24.3 Å². The van der Waals surface area contributed by atoms with Gasteiger partial charge in [-0.2, -0.15) is 13.1 Å². The molecule has 2 aromatic carbocycles. The number of benzene rings is 2. The number of rotatable bonds is 9. The number of fused-ring (bicyclic) bond motifs is 3. The summed E-state index contributed by atoms with van der Waals surface area (Å²) in [6.07, 6.45) is 3.36. The average Bonchev–Trinajstić information content (AvgIpc) is 3.62. The summed E-state index contributed by atoms with van der Waals surface area (Å²) in [5.41, 5.74) is 4.97. The number of aryl methyl sites for hydroxylation is 3. The highest BCUT2D eigenvalue weighted by molar-refractivity contribution is 7.89. The smallest absolute Gasteiger partial charge is 0.387 e. The number of aliphatic carboxylic acids is 1. The number of sulfonamides is 1. The number of nitrogens with zero attached hydrogens (tertiary/aromatic N) is 5. The third-order valence-corrected chi connectivity index (χ3v) is 10.7. The summed E-state index contributed by atoms with van der Waals surface area (Å²) in [5.74, 6) is -2.05. The highest BCUT2D eigenvalue weighted by atomic mass is 35.5. The van der Waals surface area contributed by atoms with E-state index >= 15 is 0 Å². The Balaban J connectivity index is 1.49. The molecule has 3 heterocycles. The monoisotopic (exact) mass is 675 g/mol. The fourth-order valence-electron chi connectivity index (χ4n) is 6.53. The van der Waals surface area contributed by atoms with Crippen molar-refractivity contribution in [2.45, 2.75) is 76.0 Å². The van der Waals surface area contributed by atoms with E-state index in [9.17, 15) is 27.1 Å². The van der Waals surface area contributed by atoms with Crippen LogP contribution >= 0.6 is 11.6 Å². The number of hydrogen-bond donors (Lipinski definition) is 1. The summed E-state index contributed by atoms with van der Waals surface area (Å²) in [6, 6.07) is 6.55. The van der Waals surface area contributed by atoms with E-state index in [4.69, 9.17) is 21.1 Å². The molecular formula is C31H32ClF2N5O6S. The molecule has 15 heteroatoms. The van der Waals surface area contributed by atoms with E-state index in [1.165, 1.54) is 27.3 Å². The van der Waals surface area contributed by atoms with Crippen LogP contribution in [-0.2, 0) is 41.3 Å². The molecule has 4 aromatic rings. The second-order valence-corrected chi connectivity index (χ2v) is 13.9. The number of carboxylic acid groups (broad SMARTS) is 1. The molecule has 0 spiro atoms. The third-order valence-electron chi connectivity index (χ3n) is 8.73. The molecule has 1 aliphatic carbocycles. The molecule has 11 nitrogen and oxygen atoms in total. The second kappa shape index (κ2) is 12.4. The van der Waals surface area contributed by atoms with Crippen LogP contribution in [0.4, 0.5) is 8.78 Å². The van der Waals surface area contributed by atoms with Gasteiger partial charge in [0.2, 0.25) is 15.9 Å². The van der Waals surface area contributed by atoms with Crippen LogP contribution in [0.15, 0.2) is 35.4 Å². The second-order valence-electron chi connectivity index (χ2n) is 11.6. The van der Waals surface area contributed by atoms with Crippen LogP contribution in [0.5, 0.6) is 11.6 Å². The van der Waals surface area contributed by atoms with E-state index in [0.717, 1.165) is 36.0 Å². The van der Waals surface area contributed by atoms with Gasteiger partial charge in [0.15, 0.2) is 5.75 Å². The quantitative estimate of drug-likeness (QED) is 0.248. The molecule has 2 aromatic heterocycles. The number of hydrogen-bond acceptors (Lipinski definition) is 8. The first-order chi connectivity index (χ1) is 21.9. The molecule has 2 aliphatic rings. The molecule has 1 aliphatic heterocycles. The molecule has 46 heavy (non-hydrogen) atoms. The van der Waals surface area contributed by atoms with Gasteiger partial charge in [0.05, 0.1) is 18.0 Å². The molecule has 0 bridgehead atoms.